The molecule has 9 heteroatoms. The maximum atomic E-state index is 12.7. The Morgan fingerprint density at radius 3 is 2.85 bits per heavy atom. The second-order valence-electron chi connectivity index (χ2n) is 7.07. The zero-order chi connectivity index (χ0) is 18.7. The molecule has 142 valence electrons. The molecule has 0 bridgehead atoms. The molecule has 1 aromatic rings. The number of hydrogen-bond donors (Lipinski definition) is 2. The van der Waals surface area contributed by atoms with Gasteiger partial charge in [0.25, 0.3) is 5.91 Å². The Labute approximate surface area is 152 Å². The van der Waals surface area contributed by atoms with Crippen LogP contribution in [0.15, 0.2) is 11.4 Å². The van der Waals surface area contributed by atoms with Gasteiger partial charge in [-0.1, -0.05) is 19.0 Å². The number of nitrogens with one attached hydrogen (secondary N) is 1. The number of carbonyl (C=O) groups is 2. The first kappa shape index (κ1) is 18.4. The molecule has 0 aromatic carbocycles. The summed E-state index contributed by atoms with van der Waals surface area (Å²) in [6.07, 6.45) is 2.44. The maximum absolute atomic E-state index is 12.7. The number of nitrogens with zero attached hydrogens (tertiary/aromatic N) is 4. The number of rotatable bonds is 5. The number of aromatic amines is 1. The Bertz CT molecular complexity index is 699. The lowest BCUT2D eigenvalue weighted by atomic mass is 10.0. The average molecular weight is 363 g/mol. The smallest absolute Gasteiger partial charge is 0.354 e. The van der Waals surface area contributed by atoms with Crippen molar-refractivity contribution in [2.45, 2.75) is 39.3 Å². The standard InChI is InChI=1S/C17H25N5O4/c1-11(2)13-8-14(26-20-13)16(23)22-5-3-4-21(6-7-22)10-12-9-18-19-15(12)17(24)25/h9,11,14H,3-8,10H2,1-2H3,(H,18,19)(H,24,25). The van der Waals surface area contributed by atoms with Crippen molar-refractivity contribution >= 4 is 17.6 Å². The molecular formula is C17H25N5O4. The van der Waals surface area contributed by atoms with E-state index >= 15 is 0 Å². The minimum absolute atomic E-state index is 0.0132. The third kappa shape index (κ3) is 4.04. The van der Waals surface area contributed by atoms with Gasteiger partial charge in [-0.25, -0.2) is 4.79 Å². The summed E-state index contributed by atoms with van der Waals surface area (Å²) in [5.41, 5.74) is 1.72. The van der Waals surface area contributed by atoms with Crippen LogP contribution in [0.5, 0.6) is 0 Å². The van der Waals surface area contributed by atoms with Crippen LogP contribution in [-0.2, 0) is 16.2 Å². The van der Waals surface area contributed by atoms with Gasteiger partial charge in [-0.2, -0.15) is 5.10 Å². The largest absolute Gasteiger partial charge is 0.477 e. The summed E-state index contributed by atoms with van der Waals surface area (Å²) >= 11 is 0. The molecule has 0 spiro atoms. The first-order chi connectivity index (χ1) is 12.5. The van der Waals surface area contributed by atoms with Crippen molar-refractivity contribution in [2.75, 3.05) is 26.2 Å². The van der Waals surface area contributed by atoms with Gasteiger partial charge in [-0.05, 0) is 12.3 Å². The van der Waals surface area contributed by atoms with Crippen molar-refractivity contribution in [3.05, 3.63) is 17.5 Å². The van der Waals surface area contributed by atoms with E-state index in [4.69, 9.17) is 9.94 Å². The molecule has 2 N–H and O–H groups in total. The molecule has 0 radical (unpaired) electrons. The number of aromatic carboxylic acids is 1. The van der Waals surface area contributed by atoms with Gasteiger partial charge in [0, 0.05) is 44.7 Å². The Hall–Kier alpha value is -2.42. The molecule has 26 heavy (non-hydrogen) atoms. The van der Waals surface area contributed by atoms with E-state index < -0.39 is 12.1 Å². The maximum Gasteiger partial charge on any atom is 0.354 e. The van der Waals surface area contributed by atoms with Crippen molar-refractivity contribution in [1.29, 1.82) is 0 Å². The third-order valence-electron chi connectivity index (χ3n) is 4.86. The number of H-pyrrole nitrogens is 1. The number of aromatic nitrogens is 2. The summed E-state index contributed by atoms with van der Waals surface area (Å²) in [7, 11) is 0. The van der Waals surface area contributed by atoms with Crippen molar-refractivity contribution in [1.82, 2.24) is 20.0 Å². The number of carboxylic acids is 1. The van der Waals surface area contributed by atoms with E-state index in [1.165, 1.54) is 0 Å². The predicted octanol–water partition coefficient (Wildman–Crippen LogP) is 0.943. The van der Waals surface area contributed by atoms with Gasteiger partial charge in [0.15, 0.2) is 0 Å². The Kier molecular flexibility index (Phi) is 5.55. The van der Waals surface area contributed by atoms with Crippen molar-refractivity contribution in [3.8, 4) is 0 Å². The fourth-order valence-electron chi connectivity index (χ4n) is 3.28. The summed E-state index contributed by atoms with van der Waals surface area (Å²) in [6.45, 7) is 7.33. The topological polar surface area (TPSA) is 111 Å². The van der Waals surface area contributed by atoms with Gasteiger partial charge in [0.1, 0.15) is 5.69 Å². The Balaban J connectivity index is 1.54. The van der Waals surface area contributed by atoms with Crippen molar-refractivity contribution in [3.63, 3.8) is 0 Å². The van der Waals surface area contributed by atoms with E-state index in [1.54, 1.807) is 6.20 Å². The molecule has 3 heterocycles. The summed E-state index contributed by atoms with van der Waals surface area (Å²) in [5, 5.41) is 19.5. The molecular weight excluding hydrogens is 338 g/mol. The summed E-state index contributed by atoms with van der Waals surface area (Å²) in [6, 6.07) is 0. The number of carboxylic acid groups (broad SMARTS) is 1. The molecule has 0 aliphatic carbocycles. The fourth-order valence-corrected chi connectivity index (χ4v) is 3.28. The number of carbonyl (C=O) groups excluding carboxylic acids is 1. The lowest BCUT2D eigenvalue weighted by Gasteiger charge is -2.23. The number of amides is 1. The first-order valence-corrected chi connectivity index (χ1v) is 8.95. The second-order valence-corrected chi connectivity index (χ2v) is 7.07. The molecule has 3 rings (SSSR count). The fraction of sp³-hybridized carbons (Fsp3) is 0.647. The normalized spacial score (nSPS) is 21.4. The minimum Gasteiger partial charge on any atom is -0.477 e. The zero-order valence-electron chi connectivity index (χ0n) is 15.1. The van der Waals surface area contributed by atoms with Gasteiger partial charge < -0.3 is 14.8 Å². The van der Waals surface area contributed by atoms with Crippen molar-refractivity contribution < 1.29 is 19.5 Å². The van der Waals surface area contributed by atoms with Crippen LogP contribution in [0.4, 0.5) is 0 Å². The SMILES string of the molecule is CC(C)C1=NOC(C(=O)N2CCCN(Cc3cn[nH]c3C(=O)O)CC2)C1. The van der Waals surface area contributed by atoms with E-state index in [0.717, 1.165) is 18.7 Å². The minimum atomic E-state index is -1.01. The van der Waals surface area contributed by atoms with Crippen LogP contribution >= 0.6 is 0 Å². The van der Waals surface area contributed by atoms with Crippen LogP contribution < -0.4 is 0 Å². The van der Waals surface area contributed by atoms with Gasteiger partial charge in [0.05, 0.1) is 11.9 Å². The Morgan fingerprint density at radius 1 is 1.35 bits per heavy atom. The quantitative estimate of drug-likeness (QED) is 0.805. The molecule has 1 atom stereocenters. The summed E-state index contributed by atoms with van der Waals surface area (Å²) in [5.74, 6) is -0.741. The van der Waals surface area contributed by atoms with E-state index in [2.05, 4.69) is 20.3 Å². The van der Waals surface area contributed by atoms with Crippen LogP contribution in [-0.4, -0.2) is 75.0 Å². The molecule has 1 aromatic heterocycles. The number of hydrogen-bond acceptors (Lipinski definition) is 6. The molecule has 1 amide bonds. The lowest BCUT2D eigenvalue weighted by Crippen LogP contribution is -2.41. The van der Waals surface area contributed by atoms with E-state index in [0.29, 0.717) is 38.2 Å². The Morgan fingerprint density at radius 2 is 2.15 bits per heavy atom. The molecule has 0 saturated carbocycles. The van der Waals surface area contributed by atoms with E-state index in [9.17, 15) is 9.59 Å². The molecule has 1 unspecified atom stereocenters. The predicted molar refractivity (Wildman–Crippen MR) is 93.8 cm³/mol. The van der Waals surface area contributed by atoms with Crippen LogP contribution in [0.25, 0.3) is 0 Å². The highest BCUT2D eigenvalue weighted by atomic mass is 16.6. The van der Waals surface area contributed by atoms with Gasteiger partial charge in [0.2, 0.25) is 6.10 Å². The lowest BCUT2D eigenvalue weighted by molar-refractivity contribution is -0.141. The molecule has 2 aliphatic rings. The first-order valence-electron chi connectivity index (χ1n) is 8.95. The van der Waals surface area contributed by atoms with Crippen LogP contribution in [0, 0.1) is 5.92 Å². The van der Waals surface area contributed by atoms with Gasteiger partial charge >= 0.3 is 5.97 Å². The van der Waals surface area contributed by atoms with E-state index in [-0.39, 0.29) is 17.5 Å². The van der Waals surface area contributed by atoms with Crippen molar-refractivity contribution in [2.24, 2.45) is 11.1 Å². The van der Waals surface area contributed by atoms with E-state index in [1.807, 2.05) is 18.7 Å². The highest BCUT2D eigenvalue weighted by Gasteiger charge is 2.33. The molecule has 1 saturated heterocycles. The van der Waals surface area contributed by atoms with Crippen LogP contribution in [0.3, 0.4) is 0 Å². The number of oxime groups is 1. The third-order valence-corrected chi connectivity index (χ3v) is 4.86. The highest BCUT2D eigenvalue weighted by Crippen LogP contribution is 2.19. The van der Waals surface area contributed by atoms with Crippen LogP contribution in [0.2, 0.25) is 0 Å². The monoisotopic (exact) mass is 363 g/mol. The average Bonchev–Trinajstić information content (AvgIpc) is 3.20. The zero-order valence-corrected chi connectivity index (χ0v) is 15.1. The summed E-state index contributed by atoms with van der Waals surface area (Å²) in [4.78, 5) is 33.2. The van der Waals surface area contributed by atoms with Gasteiger partial charge in [-0.15, -0.1) is 0 Å². The molecule has 2 aliphatic heterocycles. The van der Waals surface area contributed by atoms with Crippen LogP contribution in [0.1, 0.15) is 42.7 Å². The van der Waals surface area contributed by atoms with Gasteiger partial charge in [-0.3, -0.25) is 14.8 Å². The summed E-state index contributed by atoms with van der Waals surface area (Å²) < 4.78 is 0. The highest BCUT2D eigenvalue weighted by molar-refractivity contribution is 5.93. The second kappa shape index (κ2) is 7.86. The molecule has 1 fully saturated rings. The molecule has 9 nitrogen and oxygen atoms in total.